The number of halogens is 1. The molecule has 6 heteroatoms. The number of hydrogen-bond donors (Lipinski definition) is 0. The molecule has 0 saturated heterocycles. The number of nitrogens with zero attached hydrogens (tertiary/aromatic N) is 3. The summed E-state index contributed by atoms with van der Waals surface area (Å²) in [6.07, 6.45) is 9.63. The highest BCUT2D eigenvalue weighted by atomic mass is 19.1. The molecular weight excluding hydrogens is 453 g/mol. The first-order chi connectivity index (χ1) is 17.4. The fourth-order valence-corrected chi connectivity index (χ4v) is 5.15. The van der Waals surface area contributed by atoms with Gasteiger partial charge in [0.2, 0.25) is 0 Å². The maximum absolute atomic E-state index is 15.4. The molecule has 0 radical (unpaired) electrons. The Morgan fingerprint density at radius 1 is 1.06 bits per heavy atom. The third-order valence-electron chi connectivity index (χ3n) is 7.35. The van der Waals surface area contributed by atoms with Gasteiger partial charge in [-0.1, -0.05) is 24.3 Å². The smallest absolute Gasteiger partial charge is 0.256 e. The summed E-state index contributed by atoms with van der Waals surface area (Å²) >= 11 is 0. The van der Waals surface area contributed by atoms with Crippen molar-refractivity contribution < 1.29 is 13.9 Å². The summed E-state index contributed by atoms with van der Waals surface area (Å²) < 4.78 is 23.4. The van der Waals surface area contributed by atoms with Crippen molar-refractivity contribution in [3.63, 3.8) is 0 Å². The van der Waals surface area contributed by atoms with Gasteiger partial charge in [0.15, 0.2) is 0 Å². The van der Waals surface area contributed by atoms with E-state index in [4.69, 9.17) is 4.74 Å². The molecule has 5 nitrogen and oxygen atoms in total. The molecule has 5 rings (SSSR count). The van der Waals surface area contributed by atoms with Crippen LogP contribution in [0.15, 0.2) is 73.2 Å². The van der Waals surface area contributed by atoms with Gasteiger partial charge in [0, 0.05) is 30.9 Å². The number of carbonyl (C=O) groups excluding carboxylic acids is 1. The van der Waals surface area contributed by atoms with Gasteiger partial charge in [0.05, 0.1) is 29.1 Å². The van der Waals surface area contributed by atoms with Crippen LogP contribution in [0, 0.1) is 5.82 Å². The van der Waals surface area contributed by atoms with Crippen molar-refractivity contribution in [3.05, 3.63) is 90.1 Å². The van der Waals surface area contributed by atoms with Crippen molar-refractivity contribution in [2.75, 3.05) is 7.05 Å². The van der Waals surface area contributed by atoms with Crippen LogP contribution < -0.4 is 4.74 Å². The molecule has 0 unspecified atom stereocenters. The Morgan fingerprint density at radius 2 is 1.81 bits per heavy atom. The monoisotopic (exact) mass is 485 g/mol. The van der Waals surface area contributed by atoms with Gasteiger partial charge in [-0.15, -0.1) is 0 Å². The van der Waals surface area contributed by atoms with Gasteiger partial charge >= 0.3 is 0 Å². The quantitative estimate of drug-likeness (QED) is 0.303. The SMILES string of the molecule is CC(C)N(C)C(=O)c1cccc(F)c1-n1cc(C2CCC(Oc3ccccc3)CC2)c2ccncc21. The van der Waals surface area contributed by atoms with Crippen molar-refractivity contribution >= 4 is 16.8 Å². The van der Waals surface area contributed by atoms with Crippen LogP contribution in [0.1, 0.15) is 61.4 Å². The second-order valence-electron chi connectivity index (χ2n) is 9.90. The summed E-state index contributed by atoms with van der Waals surface area (Å²) in [7, 11) is 1.75. The van der Waals surface area contributed by atoms with Crippen molar-refractivity contribution in [2.24, 2.45) is 0 Å². The minimum Gasteiger partial charge on any atom is -0.490 e. The van der Waals surface area contributed by atoms with Crippen LogP contribution in [0.3, 0.4) is 0 Å². The molecule has 0 N–H and O–H groups in total. The van der Waals surface area contributed by atoms with Crippen molar-refractivity contribution in [2.45, 2.75) is 57.6 Å². The topological polar surface area (TPSA) is 47.4 Å². The lowest BCUT2D eigenvalue weighted by Gasteiger charge is -2.29. The minimum absolute atomic E-state index is 0.000501. The molecule has 2 aromatic heterocycles. The minimum atomic E-state index is -0.426. The van der Waals surface area contributed by atoms with E-state index < -0.39 is 5.82 Å². The summed E-state index contributed by atoms with van der Waals surface area (Å²) in [6.45, 7) is 3.89. The van der Waals surface area contributed by atoms with Gasteiger partial charge in [-0.3, -0.25) is 9.78 Å². The summed E-state index contributed by atoms with van der Waals surface area (Å²) in [5, 5.41) is 1.05. The van der Waals surface area contributed by atoms with Gasteiger partial charge in [-0.05, 0) is 81.3 Å². The molecule has 0 spiro atoms. The standard InChI is InChI=1S/C30H32FN3O2/c1-20(2)33(3)30(35)25-10-7-11-27(31)29(25)34-19-26(24-16-17-32-18-28(24)34)21-12-14-23(15-13-21)36-22-8-5-4-6-9-22/h4-11,16-21,23H,12-15H2,1-3H3. The van der Waals surface area contributed by atoms with Crippen LogP contribution in [-0.4, -0.2) is 39.6 Å². The molecule has 0 bridgehead atoms. The summed E-state index contributed by atoms with van der Waals surface area (Å²) in [5.41, 5.74) is 2.60. The van der Waals surface area contributed by atoms with Crippen LogP contribution in [0.25, 0.3) is 16.6 Å². The number of fused-ring (bicyclic) bond motifs is 1. The molecule has 1 saturated carbocycles. The molecular formula is C30H32FN3O2. The van der Waals surface area contributed by atoms with Crippen LogP contribution in [-0.2, 0) is 0 Å². The van der Waals surface area contributed by atoms with Crippen LogP contribution >= 0.6 is 0 Å². The van der Waals surface area contributed by atoms with E-state index >= 15 is 4.39 Å². The molecule has 2 aromatic carbocycles. The molecule has 1 aliphatic rings. The fraction of sp³-hybridized carbons (Fsp3) is 0.333. The van der Waals surface area contributed by atoms with E-state index in [-0.39, 0.29) is 23.7 Å². The summed E-state index contributed by atoms with van der Waals surface area (Å²) in [6, 6.07) is 16.7. The normalized spacial score (nSPS) is 17.9. The second-order valence-corrected chi connectivity index (χ2v) is 9.90. The van der Waals surface area contributed by atoms with Crippen LogP contribution in [0.5, 0.6) is 5.75 Å². The van der Waals surface area contributed by atoms with Gasteiger partial charge in [0.25, 0.3) is 5.91 Å². The van der Waals surface area contributed by atoms with Gasteiger partial charge in [0.1, 0.15) is 11.6 Å². The van der Waals surface area contributed by atoms with E-state index in [1.165, 1.54) is 11.6 Å². The summed E-state index contributed by atoms with van der Waals surface area (Å²) in [5.74, 6) is 0.610. The van der Waals surface area contributed by atoms with E-state index in [0.29, 0.717) is 11.5 Å². The number of aromatic nitrogens is 2. The number of carbonyl (C=O) groups is 1. The van der Waals surface area contributed by atoms with Gasteiger partial charge < -0.3 is 14.2 Å². The number of ether oxygens (including phenoxy) is 1. The van der Waals surface area contributed by atoms with E-state index in [9.17, 15) is 4.79 Å². The van der Waals surface area contributed by atoms with E-state index in [1.807, 2.05) is 61.0 Å². The number of para-hydroxylation sites is 2. The molecule has 1 fully saturated rings. The lowest BCUT2D eigenvalue weighted by Crippen LogP contribution is -2.33. The van der Waals surface area contributed by atoms with Crippen molar-refractivity contribution in [1.82, 2.24) is 14.5 Å². The van der Waals surface area contributed by atoms with E-state index in [2.05, 4.69) is 4.98 Å². The molecule has 0 aliphatic heterocycles. The lowest BCUT2D eigenvalue weighted by atomic mass is 9.82. The maximum atomic E-state index is 15.4. The molecule has 1 amide bonds. The van der Waals surface area contributed by atoms with Gasteiger partial charge in [-0.25, -0.2) is 4.39 Å². The highest BCUT2D eigenvalue weighted by Gasteiger charge is 2.28. The number of benzene rings is 2. The zero-order valence-electron chi connectivity index (χ0n) is 21.0. The third-order valence-corrected chi connectivity index (χ3v) is 7.35. The average Bonchev–Trinajstić information content (AvgIpc) is 3.28. The Balaban J connectivity index is 1.48. The van der Waals surface area contributed by atoms with Crippen molar-refractivity contribution in [1.29, 1.82) is 0 Å². The Morgan fingerprint density at radius 3 is 2.53 bits per heavy atom. The Bertz CT molecular complexity index is 1360. The molecule has 0 atom stereocenters. The third kappa shape index (κ3) is 4.60. The van der Waals surface area contributed by atoms with E-state index in [1.54, 1.807) is 36.5 Å². The Kier molecular flexibility index (Phi) is 6.77. The molecule has 2 heterocycles. The highest BCUT2D eigenvalue weighted by Crippen LogP contribution is 2.40. The van der Waals surface area contributed by atoms with Crippen LogP contribution in [0.4, 0.5) is 4.39 Å². The first kappa shape index (κ1) is 24.0. The molecule has 4 aromatic rings. The second kappa shape index (κ2) is 10.1. The Hall–Kier alpha value is -3.67. The number of amides is 1. The fourth-order valence-electron chi connectivity index (χ4n) is 5.15. The first-order valence-electron chi connectivity index (χ1n) is 12.7. The molecule has 36 heavy (non-hydrogen) atoms. The number of pyridine rings is 1. The van der Waals surface area contributed by atoms with E-state index in [0.717, 1.165) is 42.3 Å². The number of hydrogen-bond acceptors (Lipinski definition) is 3. The zero-order chi connectivity index (χ0) is 25.2. The number of rotatable bonds is 6. The van der Waals surface area contributed by atoms with Crippen LogP contribution in [0.2, 0.25) is 0 Å². The largest absolute Gasteiger partial charge is 0.490 e. The maximum Gasteiger partial charge on any atom is 0.256 e. The van der Waals surface area contributed by atoms with Crippen molar-refractivity contribution in [3.8, 4) is 11.4 Å². The first-order valence-corrected chi connectivity index (χ1v) is 12.7. The molecule has 186 valence electrons. The lowest BCUT2D eigenvalue weighted by molar-refractivity contribution is 0.0754. The molecule has 1 aliphatic carbocycles. The predicted octanol–water partition coefficient (Wildman–Crippen LogP) is 6.75. The van der Waals surface area contributed by atoms with Gasteiger partial charge in [-0.2, -0.15) is 0 Å². The average molecular weight is 486 g/mol. The zero-order valence-corrected chi connectivity index (χ0v) is 21.0. The summed E-state index contributed by atoms with van der Waals surface area (Å²) in [4.78, 5) is 19.2. The highest BCUT2D eigenvalue weighted by molar-refractivity contribution is 5.99. The predicted molar refractivity (Wildman–Crippen MR) is 140 cm³/mol. The Labute approximate surface area is 211 Å².